The molecule has 0 fully saturated rings. The van der Waals surface area contributed by atoms with Crippen LogP contribution in [0.4, 0.5) is 0 Å². The zero-order valence-corrected chi connectivity index (χ0v) is 8.72. The average molecular weight is 213 g/mol. The molecule has 4 N–H and O–H groups in total. The first kappa shape index (κ1) is 11.2. The lowest BCUT2D eigenvalue weighted by atomic mass is 10.2. The van der Waals surface area contributed by atoms with Crippen molar-refractivity contribution in [1.82, 2.24) is 4.72 Å². The lowest BCUT2D eigenvalue weighted by Crippen LogP contribution is -2.28. The van der Waals surface area contributed by atoms with Crippen LogP contribution in [0.25, 0.3) is 0 Å². The SMILES string of the molecule is N=S(=O)(CCN)NCc1ccccc1. The van der Waals surface area contributed by atoms with Gasteiger partial charge in [-0.05, 0) is 5.56 Å². The summed E-state index contributed by atoms with van der Waals surface area (Å²) in [5.41, 5.74) is 6.26. The maximum atomic E-state index is 11.4. The molecule has 1 unspecified atom stereocenters. The quantitative estimate of drug-likeness (QED) is 0.673. The molecule has 0 aliphatic heterocycles. The van der Waals surface area contributed by atoms with Gasteiger partial charge in [0.05, 0.1) is 5.75 Å². The lowest BCUT2D eigenvalue weighted by Gasteiger charge is -2.07. The summed E-state index contributed by atoms with van der Waals surface area (Å²) in [6, 6.07) is 9.58. The summed E-state index contributed by atoms with van der Waals surface area (Å²) in [5, 5.41) is 0. The second kappa shape index (κ2) is 5.09. The Kier molecular flexibility index (Phi) is 4.06. The molecule has 0 saturated carbocycles. The molecule has 4 nitrogen and oxygen atoms in total. The van der Waals surface area contributed by atoms with E-state index in [-0.39, 0.29) is 12.3 Å². The molecule has 0 bridgehead atoms. The number of rotatable bonds is 5. The lowest BCUT2D eigenvalue weighted by molar-refractivity contribution is 0.661. The van der Waals surface area contributed by atoms with Crippen LogP contribution < -0.4 is 10.5 Å². The van der Waals surface area contributed by atoms with E-state index in [1.165, 1.54) is 0 Å². The molecule has 5 heteroatoms. The summed E-state index contributed by atoms with van der Waals surface area (Å²) in [6.07, 6.45) is 0. The van der Waals surface area contributed by atoms with Crippen LogP contribution in [0.2, 0.25) is 0 Å². The fourth-order valence-corrected chi connectivity index (χ4v) is 1.91. The molecule has 0 aliphatic rings. The molecule has 1 aromatic carbocycles. The topological polar surface area (TPSA) is 79.0 Å². The Morgan fingerprint density at radius 2 is 2.00 bits per heavy atom. The fourth-order valence-electron chi connectivity index (χ4n) is 1.03. The van der Waals surface area contributed by atoms with Crippen molar-refractivity contribution in [2.45, 2.75) is 6.54 Å². The van der Waals surface area contributed by atoms with Crippen molar-refractivity contribution in [2.75, 3.05) is 12.3 Å². The monoisotopic (exact) mass is 213 g/mol. The second-order valence-corrected chi connectivity index (χ2v) is 5.02. The predicted molar refractivity (Wildman–Crippen MR) is 58.1 cm³/mol. The summed E-state index contributed by atoms with van der Waals surface area (Å²) >= 11 is 0. The van der Waals surface area contributed by atoms with Crippen LogP contribution in [0.3, 0.4) is 0 Å². The van der Waals surface area contributed by atoms with Crippen molar-refractivity contribution < 1.29 is 4.21 Å². The minimum absolute atomic E-state index is 0.194. The maximum absolute atomic E-state index is 11.4. The van der Waals surface area contributed by atoms with E-state index in [1.807, 2.05) is 30.3 Å². The fraction of sp³-hybridized carbons (Fsp3) is 0.333. The van der Waals surface area contributed by atoms with Gasteiger partial charge in [-0.1, -0.05) is 30.3 Å². The first-order chi connectivity index (χ1) is 6.64. The molecule has 0 saturated heterocycles. The summed E-state index contributed by atoms with van der Waals surface area (Å²) < 4.78 is 21.5. The largest absolute Gasteiger partial charge is 0.329 e. The summed E-state index contributed by atoms with van der Waals surface area (Å²) in [7, 11) is -2.70. The molecule has 78 valence electrons. The molecule has 0 spiro atoms. The van der Waals surface area contributed by atoms with E-state index in [9.17, 15) is 4.21 Å². The highest BCUT2D eigenvalue weighted by atomic mass is 32.2. The van der Waals surface area contributed by atoms with E-state index in [1.54, 1.807) is 0 Å². The van der Waals surface area contributed by atoms with Crippen LogP contribution in [0.15, 0.2) is 30.3 Å². The third-order valence-electron chi connectivity index (χ3n) is 1.76. The third kappa shape index (κ3) is 3.87. The van der Waals surface area contributed by atoms with Crippen LogP contribution in [-0.4, -0.2) is 16.5 Å². The van der Waals surface area contributed by atoms with E-state index in [0.29, 0.717) is 6.54 Å². The van der Waals surface area contributed by atoms with Crippen LogP contribution in [0.1, 0.15) is 5.56 Å². The normalized spacial score (nSPS) is 14.9. The van der Waals surface area contributed by atoms with Crippen LogP contribution in [-0.2, 0) is 16.5 Å². The Labute approximate surface area is 84.6 Å². The Morgan fingerprint density at radius 3 is 2.57 bits per heavy atom. The van der Waals surface area contributed by atoms with Gasteiger partial charge >= 0.3 is 0 Å². The van der Waals surface area contributed by atoms with Gasteiger partial charge in [0.15, 0.2) is 0 Å². The van der Waals surface area contributed by atoms with Crippen LogP contribution >= 0.6 is 0 Å². The minimum Gasteiger partial charge on any atom is -0.329 e. The number of hydrogen-bond donors (Lipinski definition) is 3. The van der Waals surface area contributed by atoms with E-state index in [4.69, 9.17) is 10.5 Å². The van der Waals surface area contributed by atoms with E-state index in [0.717, 1.165) is 5.56 Å². The average Bonchev–Trinajstić information content (AvgIpc) is 2.17. The van der Waals surface area contributed by atoms with Crippen molar-refractivity contribution >= 4 is 9.92 Å². The van der Waals surface area contributed by atoms with Crippen molar-refractivity contribution in [3.63, 3.8) is 0 Å². The van der Waals surface area contributed by atoms with Gasteiger partial charge in [0.1, 0.15) is 9.92 Å². The zero-order valence-electron chi connectivity index (χ0n) is 7.90. The first-order valence-corrected chi connectivity index (χ1v) is 6.12. The Hall–Kier alpha value is -0.910. The summed E-state index contributed by atoms with van der Waals surface area (Å²) in [4.78, 5) is 0. The standard InChI is InChI=1S/C9H15N3OS/c10-6-7-14(11,13)12-8-9-4-2-1-3-5-9/h1-5H,6-8,10H2,(H2,11,12,13). The van der Waals surface area contributed by atoms with Crippen molar-refractivity contribution in [1.29, 1.82) is 4.78 Å². The first-order valence-electron chi connectivity index (χ1n) is 4.39. The molecule has 14 heavy (non-hydrogen) atoms. The number of nitrogens with two attached hydrogens (primary N) is 1. The molecule has 1 aromatic rings. The summed E-state index contributed by atoms with van der Waals surface area (Å²) in [5.74, 6) is 0.194. The Bertz CT molecular complexity index is 361. The Balaban J connectivity index is 2.49. The number of hydrogen-bond acceptors (Lipinski definition) is 3. The van der Waals surface area contributed by atoms with Gasteiger partial charge in [-0.15, -0.1) is 0 Å². The highest BCUT2D eigenvalue weighted by molar-refractivity contribution is 7.90. The van der Waals surface area contributed by atoms with E-state index < -0.39 is 9.92 Å². The van der Waals surface area contributed by atoms with E-state index in [2.05, 4.69) is 4.72 Å². The van der Waals surface area contributed by atoms with Gasteiger partial charge in [-0.2, -0.15) is 0 Å². The van der Waals surface area contributed by atoms with Gasteiger partial charge in [-0.3, -0.25) is 0 Å². The molecule has 1 rings (SSSR count). The maximum Gasteiger partial charge on any atom is 0.106 e. The Morgan fingerprint density at radius 1 is 1.36 bits per heavy atom. The molecule has 0 radical (unpaired) electrons. The molecule has 0 amide bonds. The highest BCUT2D eigenvalue weighted by Crippen LogP contribution is 1.98. The molecule has 1 atom stereocenters. The van der Waals surface area contributed by atoms with Gasteiger partial charge in [-0.25, -0.2) is 13.7 Å². The van der Waals surface area contributed by atoms with E-state index >= 15 is 0 Å². The highest BCUT2D eigenvalue weighted by Gasteiger charge is 2.03. The molecule has 0 aromatic heterocycles. The smallest absolute Gasteiger partial charge is 0.106 e. The molecule has 0 aliphatic carbocycles. The molecular formula is C9H15N3OS. The predicted octanol–water partition coefficient (Wildman–Crippen LogP) is 0.697. The van der Waals surface area contributed by atoms with Crippen molar-refractivity contribution in [2.24, 2.45) is 5.73 Å². The van der Waals surface area contributed by atoms with Gasteiger partial charge in [0, 0.05) is 13.1 Å². The summed E-state index contributed by atoms with van der Waals surface area (Å²) in [6.45, 7) is 0.716. The van der Waals surface area contributed by atoms with Crippen LogP contribution in [0.5, 0.6) is 0 Å². The van der Waals surface area contributed by atoms with Crippen molar-refractivity contribution in [3.05, 3.63) is 35.9 Å². The van der Waals surface area contributed by atoms with Gasteiger partial charge < -0.3 is 5.73 Å². The second-order valence-electron chi connectivity index (χ2n) is 2.97. The van der Waals surface area contributed by atoms with Gasteiger partial charge in [0.2, 0.25) is 0 Å². The molecule has 0 heterocycles. The van der Waals surface area contributed by atoms with Crippen LogP contribution in [0, 0.1) is 4.78 Å². The third-order valence-corrected chi connectivity index (χ3v) is 3.18. The minimum atomic E-state index is -2.70. The van der Waals surface area contributed by atoms with Gasteiger partial charge in [0.25, 0.3) is 0 Å². The molecular weight excluding hydrogens is 198 g/mol. The number of nitrogens with one attached hydrogen (secondary N) is 2. The zero-order chi connectivity index (χ0) is 10.4. The van der Waals surface area contributed by atoms with Crippen molar-refractivity contribution in [3.8, 4) is 0 Å². The number of benzene rings is 1.